The first-order valence-electron chi connectivity index (χ1n) is 12.0. The van der Waals surface area contributed by atoms with Crippen molar-refractivity contribution in [3.63, 3.8) is 0 Å². The molecule has 4 rings (SSSR count). The number of non-ortho nitro benzene ring substituents is 1. The molecule has 8 heteroatoms. The average Bonchev–Trinajstić information content (AvgIpc) is 2.88. The van der Waals surface area contributed by atoms with Crippen LogP contribution < -0.4 is 19.4 Å². The molecule has 0 fully saturated rings. The van der Waals surface area contributed by atoms with Crippen molar-refractivity contribution >= 4 is 34.3 Å². The molecule has 182 valence electrons. The van der Waals surface area contributed by atoms with Gasteiger partial charge in [-0.3, -0.25) is 19.8 Å². The monoisotopic (exact) mass is 474 g/mol. The lowest BCUT2D eigenvalue weighted by Gasteiger charge is -2.33. The molecule has 3 aromatic carbocycles. The topological polar surface area (TPSA) is 79.2 Å². The number of rotatable bonds is 8. The van der Waals surface area contributed by atoms with E-state index in [0.717, 1.165) is 37.6 Å². The SMILES string of the molecule is CCN(CC)c1ccc2c(c1)Oc1cc(N(CC)CC)ccc1N2C(=O)c1ccc([N+](=O)[O-])cc1. The Morgan fingerprint density at radius 2 is 1.26 bits per heavy atom. The molecule has 35 heavy (non-hydrogen) atoms. The fourth-order valence-corrected chi connectivity index (χ4v) is 4.43. The highest BCUT2D eigenvalue weighted by Gasteiger charge is 2.31. The summed E-state index contributed by atoms with van der Waals surface area (Å²) >= 11 is 0. The molecule has 1 aliphatic heterocycles. The lowest BCUT2D eigenvalue weighted by Crippen LogP contribution is -2.29. The van der Waals surface area contributed by atoms with E-state index in [0.29, 0.717) is 28.4 Å². The third kappa shape index (κ3) is 4.51. The molecule has 0 atom stereocenters. The molecule has 0 aliphatic carbocycles. The number of hydrogen-bond acceptors (Lipinski definition) is 6. The third-order valence-corrected chi connectivity index (χ3v) is 6.37. The predicted molar refractivity (Wildman–Crippen MR) is 140 cm³/mol. The number of benzene rings is 3. The Morgan fingerprint density at radius 3 is 1.66 bits per heavy atom. The van der Waals surface area contributed by atoms with Crippen LogP contribution in [0.15, 0.2) is 60.7 Å². The summed E-state index contributed by atoms with van der Waals surface area (Å²) in [5, 5.41) is 11.1. The molecule has 0 N–H and O–H groups in total. The van der Waals surface area contributed by atoms with Gasteiger partial charge < -0.3 is 14.5 Å². The first-order valence-corrected chi connectivity index (χ1v) is 12.0. The Kier molecular flexibility index (Phi) is 6.91. The number of nitro groups is 1. The summed E-state index contributed by atoms with van der Waals surface area (Å²) in [6, 6.07) is 17.4. The zero-order valence-electron chi connectivity index (χ0n) is 20.5. The molecule has 0 radical (unpaired) electrons. The van der Waals surface area contributed by atoms with E-state index in [2.05, 4.69) is 37.5 Å². The fourth-order valence-electron chi connectivity index (χ4n) is 4.43. The van der Waals surface area contributed by atoms with Crippen LogP contribution in [-0.2, 0) is 0 Å². The van der Waals surface area contributed by atoms with Crippen LogP contribution in [-0.4, -0.2) is 37.0 Å². The fraction of sp³-hybridized carbons (Fsp3) is 0.296. The van der Waals surface area contributed by atoms with Crippen LogP contribution in [0.1, 0.15) is 38.1 Å². The normalized spacial score (nSPS) is 11.8. The highest BCUT2D eigenvalue weighted by molar-refractivity contribution is 6.13. The number of carbonyl (C=O) groups is 1. The second-order valence-electron chi connectivity index (χ2n) is 8.20. The summed E-state index contributed by atoms with van der Waals surface area (Å²) in [6.07, 6.45) is 0. The second kappa shape index (κ2) is 10.0. The molecule has 1 aliphatic rings. The molecule has 3 aromatic rings. The van der Waals surface area contributed by atoms with Crippen LogP contribution in [0.2, 0.25) is 0 Å². The number of hydrogen-bond donors (Lipinski definition) is 0. The Bertz CT molecular complexity index is 1170. The van der Waals surface area contributed by atoms with Crippen molar-refractivity contribution in [2.75, 3.05) is 40.9 Å². The summed E-state index contributed by atoms with van der Waals surface area (Å²) in [6.45, 7) is 11.8. The Labute approximate surface area is 205 Å². The molecule has 0 aromatic heterocycles. The molecule has 0 spiro atoms. The molecular formula is C27H30N4O4. The summed E-state index contributed by atoms with van der Waals surface area (Å²) in [5.41, 5.74) is 3.59. The zero-order chi connectivity index (χ0) is 25.1. The van der Waals surface area contributed by atoms with Crippen LogP contribution in [0.5, 0.6) is 11.5 Å². The van der Waals surface area contributed by atoms with Crippen LogP contribution in [0.25, 0.3) is 0 Å². The van der Waals surface area contributed by atoms with Crippen LogP contribution in [0, 0.1) is 10.1 Å². The second-order valence-corrected chi connectivity index (χ2v) is 8.20. The van der Waals surface area contributed by atoms with Crippen molar-refractivity contribution in [3.05, 3.63) is 76.3 Å². The molecule has 8 nitrogen and oxygen atoms in total. The minimum absolute atomic E-state index is 0.0583. The maximum atomic E-state index is 13.7. The number of ether oxygens (including phenoxy) is 1. The smallest absolute Gasteiger partial charge is 0.269 e. The van der Waals surface area contributed by atoms with Crippen molar-refractivity contribution in [2.24, 2.45) is 0 Å². The Hall–Kier alpha value is -4.07. The summed E-state index contributed by atoms with van der Waals surface area (Å²) in [4.78, 5) is 30.4. The van der Waals surface area contributed by atoms with E-state index in [-0.39, 0.29) is 11.6 Å². The third-order valence-electron chi connectivity index (χ3n) is 6.37. The average molecular weight is 475 g/mol. The number of anilines is 4. The summed E-state index contributed by atoms with van der Waals surface area (Å²) in [7, 11) is 0. The summed E-state index contributed by atoms with van der Waals surface area (Å²) < 4.78 is 6.37. The van der Waals surface area contributed by atoms with Crippen molar-refractivity contribution in [2.45, 2.75) is 27.7 Å². The first-order chi connectivity index (χ1) is 16.9. The van der Waals surface area contributed by atoms with E-state index in [1.54, 1.807) is 4.90 Å². The summed E-state index contributed by atoms with van der Waals surface area (Å²) in [5.74, 6) is 0.902. The maximum absolute atomic E-state index is 13.7. The molecular weight excluding hydrogens is 444 g/mol. The van der Waals surface area contributed by atoms with Crippen LogP contribution in [0.4, 0.5) is 28.4 Å². The van der Waals surface area contributed by atoms with Crippen molar-refractivity contribution in [3.8, 4) is 11.5 Å². The predicted octanol–water partition coefficient (Wildman–Crippen LogP) is 6.37. The van der Waals surface area contributed by atoms with Crippen molar-refractivity contribution < 1.29 is 14.5 Å². The van der Waals surface area contributed by atoms with Gasteiger partial charge in [0, 0.05) is 67.4 Å². The van der Waals surface area contributed by atoms with Crippen LogP contribution in [0.3, 0.4) is 0 Å². The molecule has 0 saturated carbocycles. The highest BCUT2D eigenvalue weighted by atomic mass is 16.6. The molecule has 1 heterocycles. The van der Waals surface area contributed by atoms with Gasteiger partial charge in [0.1, 0.15) is 0 Å². The van der Waals surface area contributed by atoms with Gasteiger partial charge in [-0.05, 0) is 64.1 Å². The van der Waals surface area contributed by atoms with Crippen molar-refractivity contribution in [1.82, 2.24) is 0 Å². The van der Waals surface area contributed by atoms with Gasteiger partial charge in [-0.1, -0.05) is 0 Å². The van der Waals surface area contributed by atoms with Gasteiger partial charge in [-0.25, -0.2) is 0 Å². The Balaban J connectivity index is 1.83. The molecule has 0 bridgehead atoms. The van der Waals surface area contributed by atoms with Gasteiger partial charge in [0.05, 0.1) is 16.3 Å². The van der Waals surface area contributed by atoms with Gasteiger partial charge in [0.15, 0.2) is 11.5 Å². The molecule has 0 saturated heterocycles. The van der Waals surface area contributed by atoms with E-state index in [1.807, 2.05) is 36.4 Å². The van der Waals surface area contributed by atoms with Crippen molar-refractivity contribution in [1.29, 1.82) is 0 Å². The van der Waals surface area contributed by atoms with E-state index in [4.69, 9.17) is 4.74 Å². The number of nitrogens with zero attached hydrogens (tertiary/aromatic N) is 4. The van der Waals surface area contributed by atoms with E-state index >= 15 is 0 Å². The van der Waals surface area contributed by atoms with Gasteiger partial charge in [0.25, 0.3) is 11.6 Å². The highest BCUT2D eigenvalue weighted by Crippen LogP contribution is 2.49. The largest absolute Gasteiger partial charge is 0.453 e. The lowest BCUT2D eigenvalue weighted by atomic mass is 10.1. The zero-order valence-corrected chi connectivity index (χ0v) is 20.5. The molecule has 0 unspecified atom stereocenters. The minimum Gasteiger partial charge on any atom is -0.453 e. The standard InChI is InChI=1S/C27H30N4O4/c1-5-28(6-2)21-13-15-23-25(17-21)35-26-18-22(29(7-3)8-4)14-16-24(26)30(23)27(32)19-9-11-20(12-10-19)31(33)34/h9-18H,5-8H2,1-4H3. The van der Waals surface area contributed by atoms with Gasteiger partial charge >= 0.3 is 0 Å². The number of nitro benzene ring substituents is 1. The van der Waals surface area contributed by atoms with Gasteiger partial charge in [-0.15, -0.1) is 0 Å². The van der Waals surface area contributed by atoms with Crippen LogP contribution >= 0.6 is 0 Å². The Morgan fingerprint density at radius 1 is 0.800 bits per heavy atom. The maximum Gasteiger partial charge on any atom is 0.269 e. The van der Waals surface area contributed by atoms with E-state index < -0.39 is 4.92 Å². The van der Waals surface area contributed by atoms with E-state index in [9.17, 15) is 14.9 Å². The number of carbonyl (C=O) groups excluding carboxylic acids is 1. The van der Waals surface area contributed by atoms with Gasteiger partial charge in [0.2, 0.25) is 0 Å². The molecule has 1 amide bonds. The first kappa shape index (κ1) is 24.1. The number of amides is 1. The van der Waals surface area contributed by atoms with E-state index in [1.165, 1.54) is 24.3 Å². The number of fused-ring (bicyclic) bond motifs is 2. The minimum atomic E-state index is -0.475. The lowest BCUT2D eigenvalue weighted by molar-refractivity contribution is -0.384. The quantitative estimate of drug-likeness (QED) is 0.279. The van der Waals surface area contributed by atoms with Gasteiger partial charge in [-0.2, -0.15) is 0 Å².